The minimum Gasteiger partial charge on any atom is -0.394 e. The molecule has 3 rings (SSSR count). The molecule has 0 saturated carbocycles. The SMILES string of the molecule is Nc1nc(Cl)cc(-c2nn(C(F)F)cc2Cc2ccccc2COCC(O)CO)n1. The monoisotopic (exact) mass is 439 g/mol. The van der Waals surface area contributed by atoms with Gasteiger partial charge in [-0.05, 0) is 11.1 Å². The van der Waals surface area contributed by atoms with Crippen molar-refractivity contribution in [2.24, 2.45) is 0 Å². The van der Waals surface area contributed by atoms with E-state index in [1.54, 1.807) is 0 Å². The molecule has 0 aliphatic heterocycles. The van der Waals surface area contributed by atoms with Crippen LogP contribution in [0.4, 0.5) is 14.7 Å². The predicted octanol–water partition coefficient (Wildman–Crippen LogP) is 2.43. The number of aromatic nitrogens is 4. The Balaban J connectivity index is 1.91. The molecule has 0 aliphatic rings. The third kappa shape index (κ3) is 5.48. The molecule has 11 heteroatoms. The molecule has 8 nitrogen and oxygen atoms in total. The zero-order valence-electron chi connectivity index (χ0n) is 15.8. The van der Waals surface area contributed by atoms with Gasteiger partial charge in [0.1, 0.15) is 17.0 Å². The molecule has 2 heterocycles. The van der Waals surface area contributed by atoms with Crippen LogP contribution in [-0.2, 0) is 17.8 Å². The van der Waals surface area contributed by atoms with Crippen molar-refractivity contribution in [1.29, 1.82) is 0 Å². The molecule has 0 fully saturated rings. The number of nitrogens with two attached hydrogens (primary N) is 1. The van der Waals surface area contributed by atoms with E-state index in [-0.39, 0.29) is 42.1 Å². The maximum atomic E-state index is 13.3. The van der Waals surface area contributed by atoms with Gasteiger partial charge in [0.25, 0.3) is 0 Å². The van der Waals surface area contributed by atoms with Gasteiger partial charge in [0.15, 0.2) is 0 Å². The fourth-order valence-corrected chi connectivity index (χ4v) is 3.05. The number of aliphatic hydroxyl groups is 2. The molecule has 0 aliphatic carbocycles. The van der Waals surface area contributed by atoms with Crippen molar-refractivity contribution in [2.45, 2.75) is 25.7 Å². The fourth-order valence-electron chi connectivity index (χ4n) is 2.86. The zero-order valence-corrected chi connectivity index (χ0v) is 16.5. The van der Waals surface area contributed by atoms with Crippen LogP contribution in [0, 0.1) is 0 Å². The second-order valence-electron chi connectivity index (χ2n) is 6.49. The molecule has 2 aromatic heterocycles. The molecule has 0 bridgehead atoms. The van der Waals surface area contributed by atoms with Crippen molar-refractivity contribution >= 4 is 17.5 Å². The van der Waals surface area contributed by atoms with E-state index in [0.717, 1.165) is 11.1 Å². The lowest BCUT2D eigenvalue weighted by Crippen LogP contribution is -2.19. The van der Waals surface area contributed by atoms with Crippen LogP contribution in [0.15, 0.2) is 36.5 Å². The normalized spacial score (nSPS) is 12.5. The van der Waals surface area contributed by atoms with Gasteiger partial charge >= 0.3 is 6.55 Å². The van der Waals surface area contributed by atoms with Crippen molar-refractivity contribution in [2.75, 3.05) is 18.9 Å². The number of aliphatic hydroxyl groups excluding tert-OH is 2. The van der Waals surface area contributed by atoms with E-state index >= 15 is 0 Å². The Morgan fingerprint density at radius 2 is 1.90 bits per heavy atom. The van der Waals surface area contributed by atoms with Crippen LogP contribution in [-0.4, -0.2) is 49.3 Å². The van der Waals surface area contributed by atoms with Crippen LogP contribution in [0.25, 0.3) is 11.4 Å². The number of benzene rings is 1. The van der Waals surface area contributed by atoms with Gasteiger partial charge in [-0.2, -0.15) is 13.9 Å². The molecule has 160 valence electrons. The molecule has 0 saturated heterocycles. The van der Waals surface area contributed by atoms with Gasteiger partial charge < -0.3 is 20.7 Å². The summed E-state index contributed by atoms with van der Waals surface area (Å²) < 4.78 is 32.5. The van der Waals surface area contributed by atoms with Crippen LogP contribution < -0.4 is 5.73 Å². The first kappa shape index (κ1) is 22.0. The summed E-state index contributed by atoms with van der Waals surface area (Å²) in [6.45, 7) is -3.08. The Labute approximate surface area is 175 Å². The van der Waals surface area contributed by atoms with Gasteiger partial charge in [-0.3, -0.25) is 0 Å². The van der Waals surface area contributed by atoms with Crippen LogP contribution in [0.3, 0.4) is 0 Å². The lowest BCUT2D eigenvalue weighted by molar-refractivity contribution is -0.000125. The molecule has 0 radical (unpaired) electrons. The minimum atomic E-state index is -2.83. The van der Waals surface area contributed by atoms with E-state index in [9.17, 15) is 13.9 Å². The highest BCUT2D eigenvalue weighted by molar-refractivity contribution is 6.29. The summed E-state index contributed by atoms with van der Waals surface area (Å²) in [6, 6.07) is 8.71. The molecule has 1 atom stereocenters. The van der Waals surface area contributed by atoms with Gasteiger partial charge in [-0.15, -0.1) is 0 Å². The van der Waals surface area contributed by atoms with Gasteiger partial charge in [-0.25, -0.2) is 14.6 Å². The van der Waals surface area contributed by atoms with E-state index in [0.29, 0.717) is 10.2 Å². The maximum absolute atomic E-state index is 13.3. The Bertz CT molecular complexity index is 982. The smallest absolute Gasteiger partial charge is 0.333 e. The highest BCUT2D eigenvalue weighted by atomic mass is 35.5. The summed E-state index contributed by atoms with van der Waals surface area (Å²) in [5.74, 6) is -0.0914. The second-order valence-corrected chi connectivity index (χ2v) is 6.88. The molecular weight excluding hydrogens is 420 g/mol. The molecule has 30 heavy (non-hydrogen) atoms. The molecular formula is C19H20ClF2N5O3. The van der Waals surface area contributed by atoms with Crippen molar-refractivity contribution in [3.05, 3.63) is 58.4 Å². The number of anilines is 1. The fraction of sp³-hybridized carbons (Fsp3) is 0.316. The summed E-state index contributed by atoms with van der Waals surface area (Å²) in [6.07, 6.45) is 0.548. The van der Waals surface area contributed by atoms with Crippen LogP contribution >= 0.6 is 11.6 Å². The number of halogens is 3. The molecule has 0 amide bonds. The minimum absolute atomic E-state index is 0.0297. The van der Waals surface area contributed by atoms with Gasteiger partial charge in [0, 0.05) is 24.2 Å². The maximum Gasteiger partial charge on any atom is 0.333 e. The van der Waals surface area contributed by atoms with E-state index in [1.165, 1.54) is 12.3 Å². The second kappa shape index (κ2) is 9.90. The van der Waals surface area contributed by atoms with Crippen molar-refractivity contribution in [3.63, 3.8) is 0 Å². The first-order chi connectivity index (χ1) is 14.4. The number of rotatable bonds is 9. The third-order valence-electron chi connectivity index (χ3n) is 4.24. The van der Waals surface area contributed by atoms with Gasteiger partial charge in [0.05, 0.1) is 25.5 Å². The average molecular weight is 440 g/mol. The molecule has 1 aromatic carbocycles. The van der Waals surface area contributed by atoms with Crippen LogP contribution in [0.1, 0.15) is 23.2 Å². The molecule has 4 N–H and O–H groups in total. The number of alkyl halides is 2. The lowest BCUT2D eigenvalue weighted by Gasteiger charge is -2.12. The van der Waals surface area contributed by atoms with Crippen molar-refractivity contribution in [1.82, 2.24) is 19.7 Å². The largest absolute Gasteiger partial charge is 0.394 e. The number of hydrogen-bond acceptors (Lipinski definition) is 7. The van der Waals surface area contributed by atoms with Gasteiger partial charge in [-0.1, -0.05) is 35.9 Å². The standard InChI is InChI=1S/C19H20ClF2N5O3/c20-16-6-15(24-19(23)25-16)17-13(7-27(26-17)18(21)22)5-11-3-1-2-4-12(11)9-30-10-14(29)8-28/h1-4,6-7,14,18,28-29H,5,8-10H2,(H2,23,24,25). The summed E-state index contributed by atoms with van der Waals surface area (Å²) >= 11 is 5.93. The number of hydrogen-bond donors (Lipinski definition) is 3. The third-order valence-corrected chi connectivity index (χ3v) is 4.43. The van der Waals surface area contributed by atoms with Crippen LogP contribution in [0.5, 0.6) is 0 Å². The first-order valence-corrected chi connectivity index (χ1v) is 9.35. The molecule has 3 aromatic rings. The summed E-state index contributed by atoms with van der Waals surface area (Å²) in [5.41, 5.74) is 8.21. The average Bonchev–Trinajstić information content (AvgIpc) is 3.12. The van der Waals surface area contributed by atoms with E-state index in [2.05, 4.69) is 15.1 Å². The predicted molar refractivity (Wildman–Crippen MR) is 106 cm³/mol. The zero-order chi connectivity index (χ0) is 21.7. The topological polar surface area (TPSA) is 119 Å². The first-order valence-electron chi connectivity index (χ1n) is 8.97. The number of nitrogen functional groups attached to an aromatic ring is 1. The van der Waals surface area contributed by atoms with E-state index < -0.39 is 19.3 Å². The Morgan fingerprint density at radius 3 is 2.57 bits per heavy atom. The Hall–Kier alpha value is -2.66. The molecule has 1 unspecified atom stereocenters. The summed E-state index contributed by atoms with van der Waals surface area (Å²) in [7, 11) is 0. The van der Waals surface area contributed by atoms with E-state index in [4.69, 9.17) is 27.2 Å². The lowest BCUT2D eigenvalue weighted by atomic mass is 9.99. The van der Waals surface area contributed by atoms with Crippen LogP contribution in [0.2, 0.25) is 5.15 Å². The van der Waals surface area contributed by atoms with Gasteiger partial charge in [0.2, 0.25) is 5.95 Å². The Morgan fingerprint density at radius 1 is 1.17 bits per heavy atom. The van der Waals surface area contributed by atoms with Crippen molar-refractivity contribution in [3.8, 4) is 11.4 Å². The number of nitrogens with zero attached hydrogens (tertiary/aromatic N) is 4. The Kier molecular flexibility index (Phi) is 7.27. The highest BCUT2D eigenvalue weighted by Crippen LogP contribution is 2.28. The van der Waals surface area contributed by atoms with Crippen molar-refractivity contribution < 1.29 is 23.7 Å². The summed E-state index contributed by atoms with van der Waals surface area (Å²) in [5, 5.41) is 22.3. The summed E-state index contributed by atoms with van der Waals surface area (Å²) in [4.78, 5) is 7.84. The molecule has 0 spiro atoms. The highest BCUT2D eigenvalue weighted by Gasteiger charge is 2.19. The number of ether oxygens (including phenoxy) is 1. The quantitative estimate of drug-likeness (QED) is 0.438. The van der Waals surface area contributed by atoms with E-state index in [1.807, 2.05) is 24.3 Å².